The third kappa shape index (κ3) is 4.94. The number of imide groups is 1. The van der Waals surface area contributed by atoms with Gasteiger partial charge in [-0.2, -0.15) is 0 Å². The highest BCUT2D eigenvalue weighted by molar-refractivity contribution is 14.1. The monoisotopic (exact) mass is 613 g/mol. The van der Waals surface area contributed by atoms with E-state index in [2.05, 4.69) is 38.8 Å². The van der Waals surface area contributed by atoms with Crippen LogP contribution in [-0.4, -0.2) is 53.6 Å². The van der Waals surface area contributed by atoms with Gasteiger partial charge in [0.05, 0.1) is 21.3 Å². The van der Waals surface area contributed by atoms with E-state index in [1.807, 2.05) is 22.6 Å². The van der Waals surface area contributed by atoms with E-state index in [1.54, 1.807) is 24.3 Å². The molecule has 12 heteroatoms. The van der Waals surface area contributed by atoms with Gasteiger partial charge >= 0.3 is 5.69 Å². The number of fused-ring (bicyclic) bond motifs is 1. The topological polar surface area (TPSA) is 120 Å². The molecule has 3 atom stereocenters. The zero-order valence-corrected chi connectivity index (χ0v) is 23.3. The van der Waals surface area contributed by atoms with E-state index in [1.165, 1.54) is 10.8 Å². The quantitative estimate of drug-likeness (QED) is 0.302. The molecule has 3 heterocycles. The van der Waals surface area contributed by atoms with Gasteiger partial charge in [-0.05, 0) is 52.9 Å². The Labute approximate surface area is 216 Å². The van der Waals surface area contributed by atoms with Crippen molar-refractivity contribution < 1.29 is 23.6 Å². The van der Waals surface area contributed by atoms with E-state index < -0.39 is 49.8 Å². The lowest BCUT2D eigenvalue weighted by atomic mass is 10.1. The van der Waals surface area contributed by atoms with Crippen LogP contribution < -0.4 is 11.2 Å². The summed E-state index contributed by atoms with van der Waals surface area (Å²) in [6.45, 7) is 10.7. The zero-order chi connectivity index (χ0) is 25.7. The summed E-state index contributed by atoms with van der Waals surface area (Å²) < 4.78 is 14.1. The number of nitrogens with one attached hydrogen (secondary N) is 1. The van der Waals surface area contributed by atoms with Crippen molar-refractivity contribution in [1.29, 1.82) is 0 Å². The molecule has 2 aliphatic heterocycles. The number of H-pyrrole nitrogens is 1. The molecule has 2 aliphatic rings. The van der Waals surface area contributed by atoms with Crippen molar-refractivity contribution in [2.75, 3.05) is 6.61 Å². The van der Waals surface area contributed by atoms with E-state index >= 15 is 0 Å². The molecular weight excluding hydrogens is 585 g/mol. The number of amides is 2. The molecule has 0 bridgehead atoms. The number of hydroxylamine groups is 2. The van der Waals surface area contributed by atoms with Gasteiger partial charge in [0, 0.05) is 12.6 Å². The van der Waals surface area contributed by atoms with Crippen LogP contribution in [0.4, 0.5) is 0 Å². The summed E-state index contributed by atoms with van der Waals surface area (Å²) in [6.07, 6.45) is -0.594. The molecular formula is C23H28IN3O7Si. The Morgan fingerprint density at radius 3 is 2.29 bits per heavy atom. The number of aromatic nitrogens is 2. The van der Waals surface area contributed by atoms with Gasteiger partial charge in [0.2, 0.25) is 0 Å². The van der Waals surface area contributed by atoms with Crippen LogP contribution in [0.5, 0.6) is 0 Å². The lowest BCUT2D eigenvalue weighted by Gasteiger charge is -2.37. The number of hydrogen-bond acceptors (Lipinski definition) is 7. The minimum absolute atomic E-state index is 0.0458. The maximum Gasteiger partial charge on any atom is 0.330 e. The average Bonchev–Trinajstić information content (AvgIpc) is 3.29. The number of carbonyl (C=O) groups excluding carboxylic acids is 2. The van der Waals surface area contributed by atoms with Crippen LogP contribution in [0.2, 0.25) is 18.1 Å². The summed E-state index contributed by atoms with van der Waals surface area (Å²) in [5.74, 6) is -1.09. The Morgan fingerprint density at radius 1 is 1.11 bits per heavy atom. The SMILES string of the molecule is CC(C)(C)[Si](C)(C)OC[C@H]1O[C@@H](n2cc(I)c(=O)[nH]c2=O)C[C@H]1ON1C(=O)c2ccccc2C1=O. The molecule has 1 aromatic heterocycles. The standard InChI is InChI=1S/C23H28IN3O7Si/c1-23(2,3)35(4,5)32-12-17-16(10-18(33-17)26-11-15(24)19(28)25-22(26)31)34-27-20(29)13-8-6-7-9-14(13)21(27)30/h6-9,11,16-18H,10,12H2,1-5H3,(H,25,28,31)/t16-,17-,18-/m1/s1. The molecule has 0 saturated carbocycles. The first-order valence-corrected chi connectivity index (χ1v) is 15.2. The van der Waals surface area contributed by atoms with Gasteiger partial charge in [0.1, 0.15) is 18.4 Å². The summed E-state index contributed by atoms with van der Waals surface area (Å²) in [4.78, 5) is 58.2. The highest BCUT2D eigenvalue weighted by Gasteiger charge is 2.46. The summed E-state index contributed by atoms with van der Waals surface area (Å²) in [7, 11) is -2.15. The summed E-state index contributed by atoms with van der Waals surface area (Å²) >= 11 is 1.84. The first-order chi connectivity index (χ1) is 16.3. The van der Waals surface area contributed by atoms with E-state index in [-0.39, 0.29) is 29.2 Å². The maximum absolute atomic E-state index is 12.9. The highest BCUT2D eigenvalue weighted by Crippen LogP contribution is 2.38. The molecule has 1 N–H and O–H groups in total. The van der Waals surface area contributed by atoms with Gasteiger partial charge in [-0.15, -0.1) is 5.06 Å². The predicted octanol–water partition coefficient (Wildman–Crippen LogP) is 3.05. The number of aromatic amines is 1. The number of halogens is 1. The normalized spacial score (nSPS) is 22.7. The first kappa shape index (κ1) is 25.9. The molecule has 1 fully saturated rings. The highest BCUT2D eigenvalue weighted by atomic mass is 127. The smallest absolute Gasteiger partial charge is 0.330 e. The molecule has 0 unspecified atom stereocenters. The second-order valence-electron chi connectivity index (χ2n) is 10.2. The second kappa shape index (κ2) is 9.39. The van der Waals surface area contributed by atoms with Crippen molar-refractivity contribution in [3.05, 3.63) is 66.0 Å². The number of benzene rings is 1. The van der Waals surface area contributed by atoms with Crippen LogP contribution in [0, 0.1) is 3.57 Å². The first-order valence-electron chi connectivity index (χ1n) is 11.2. The van der Waals surface area contributed by atoms with Crippen LogP contribution >= 0.6 is 22.6 Å². The second-order valence-corrected chi connectivity index (χ2v) is 16.1. The van der Waals surface area contributed by atoms with Crippen molar-refractivity contribution >= 4 is 42.7 Å². The fourth-order valence-corrected chi connectivity index (χ4v) is 5.16. The molecule has 2 amide bonds. The van der Waals surface area contributed by atoms with Gasteiger partial charge in [0.25, 0.3) is 17.4 Å². The lowest BCUT2D eigenvalue weighted by Crippen LogP contribution is -2.45. The van der Waals surface area contributed by atoms with Gasteiger partial charge in [-0.3, -0.25) is 28.8 Å². The fourth-order valence-electron chi connectivity index (χ4n) is 3.71. The summed E-state index contributed by atoms with van der Waals surface area (Å²) in [6, 6.07) is 6.52. The average molecular weight is 613 g/mol. The van der Waals surface area contributed by atoms with Gasteiger partial charge in [-0.25, -0.2) is 4.79 Å². The van der Waals surface area contributed by atoms with E-state index in [4.69, 9.17) is 14.0 Å². The predicted molar refractivity (Wildman–Crippen MR) is 138 cm³/mol. The fraction of sp³-hybridized carbons (Fsp3) is 0.478. The lowest BCUT2D eigenvalue weighted by molar-refractivity contribution is -0.154. The molecule has 4 rings (SSSR count). The molecule has 188 valence electrons. The maximum atomic E-state index is 12.9. The van der Waals surface area contributed by atoms with Crippen LogP contribution in [0.3, 0.4) is 0 Å². The number of carbonyl (C=O) groups is 2. The number of rotatable bonds is 6. The van der Waals surface area contributed by atoms with E-state index in [0.29, 0.717) is 3.57 Å². The number of hydrogen-bond donors (Lipinski definition) is 1. The van der Waals surface area contributed by atoms with Crippen LogP contribution in [-0.2, 0) is 14.0 Å². The Morgan fingerprint density at radius 2 is 1.71 bits per heavy atom. The zero-order valence-electron chi connectivity index (χ0n) is 20.2. The molecule has 1 saturated heterocycles. The van der Waals surface area contributed by atoms with Crippen molar-refractivity contribution in [3.8, 4) is 0 Å². The van der Waals surface area contributed by atoms with Crippen LogP contribution in [0.1, 0.15) is 54.1 Å². The Hall–Kier alpha value is -2.13. The molecule has 0 radical (unpaired) electrons. The van der Waals surface area contributed by atoms with Crippen molar-refractivity contribution in [1.82, 2.24) is 14.6 Å². The van der Waals surface area contributed by atoms with Crippen LogP contribution in [0.15, 0.2) is 40.1 Å². The Bertz CT molecular complexity index is 1250. The van der Waals surface area contributed by atoms with E-state index in [9.17, 15) is 19.2 Å². The molecule has 35 heavy (non-hydrogen) atoms. The van der Waals surface area contributed by atoms with Crippen molar-refractivity contribution in [3.63, 3.8) is 0 Å². The minimum atomic E-state index is -2.15. The van der Waals surface area contributed by atoms with Gasteiger partial charge < -0.3 is 9.16 Å². The van der Waals surface area contributed by atoms with Crippen molar-refractivity contribution in [2.45, 2.75) is 63.8 Å². The number of nitrogens with zero attached hydrogens (tertiary/aromatic N) is 2. The third-order valence-electron chi connectivity index (χ3n) is 6.83. The largest absolute Gasteiger partial charge is 0.414 e. The van der Waals surface area contributed by atoms with Gasteiger partial charge in [0.15, 0.2) is 8.32 Å². The number of ether oxygens (including phenoxy) is 1. The van der Waals surface area contributed by atoms with Crippen molar-refractivity contribution in [2.24, 2.45) is 0 Å². The Balaban J connectivity index is 1.60. The summed E-state index contributed by atoms with van der Waals surface area (Å²) in [5, 5.41) is 0.718. The Kier molecular flexibility index (Phi) is 6.96. The molecule has 10 nitrogen and oxygen atoms in total. The molecule has 1 aromatic carbocycles. The summed E-state index contributed by atoms with van der Waals surface area (Å²) in [5.41, 5.74) is -0.561. The van der Waals surface area contributed by atoms with E-state index in [0.717, 1.165) is 5.06 Å². The van der Waals surface area contributed by atoms with Crippen LogP contribution in [0.25, 0.3) is 0 Å². The molecule has 0 aliphatic carbocycles. The molecule has 0 spiro atoms. The van der Waals surface area contributed by atoms with Gasteiger partial charge in [-0.1, -0.05) is 32.9 Å². The minimum Gasteiger partial charge on any atom is -0.414 e. The molecule has 2 aromatic rings. The third-order valence-corrected chi connectivity index (χ3v) is 12.1.